The first-order valence-corrected chi connectivity index (χ1v) is 10.3. The van der Waals surface area contributed by atoms with Crippen LogP contribution in [0.5, 0.6) is 0 Å². The van der Waals surface area contributed by atoms with Crippen LogP contribution in [0.2, 0.25) is 0 Å². The maximum Gasteiger partial charge on any atom is 0.276 e. The summed E-state index contributed by atoms with van der Waals surface area (Å²) in [7, 11) is -3.77. The van der Waals surface area contributed by atoms with Gasteiger partial charge >= 0.3 is 0 Å². The highest BCUT2D eigenvalue weighted by molar-refractivity contribution is 7.89. The average Bonchev–Trinajstić information content (AvgIpc) is 3.11. The average molecular weight is 400 g/mol. The number of nitrogens with zero attached hydrogens (tertiary/aromatic N) is 2. The summed E-state index contributed by atoms with van der Waals surface area (Å²) in [5.41, 5.74) is 2.98. The molecule has 0 radical (unpaired) electrons. The minimum atomic E-state index is -3.77. The summed E-state index contributed by atoms with van der Waals surface area (Å²) < 4.78 is 37.9. The van der Waals surface area contributed by atoms with Crippen molar-refractivity contribution < 1.29 is 12.8 Å². The van der Waals surface area contributed by atoms with Crippen LogP contribution in [0.3, 0.4) is 0 Å². The molecule has 0 aliphatic heterocycles. The first-order chi connectivity index (χ1) is 13.3. The maximum absolute atomic E-state index is 13.1. The van der Waals surface area contributed by atoms with Gasteiger partial charge < -0.3 is 0 Å². The van der Waals surface area contributed by atoms with Gasteiger partial charge in [-0.2, -0.15) is 18.6 Å². The molecule has 3 rings (SSSR count). The van der Waals surface area contributed by atoms with Crippen LogP contribution in [0.15, 0.2) is 64.7 Å². The van der Waals surface area contributed by atoms with E-state index in [1.807, 2.05) is 0 Å². The maximum atomic E-state index is 13.1. The number of hydrazone groups is 1. The molecule has 0 unspecified atom stereocenters. The summed E-state index contributed by atoms with van der Waals surface area (Å²) >= 11 is 0. The summed E-state index contributed by atoms with van der Waals surface area (Å²) in [5.74, 6) is 0.154. The molecule has 0 saturated carbocycles. The zero-order valence-electron chi connectivity index (χ0n) is 15.6. The highest BCUT2D eigenvalue weighted by Gasteiger charge is 2.13. The number of rotatable bonds is 7. The Morgan fingerprint density at radius 3 is 2.46 bits per heavy atom. The Labute approximate surface area is 163 Å². The number of H-pyrrole nitrogens is 1. The van der Waals surface area contributed by atoms with E-state index in [0.717, 1.165) is 12.0 Å². The molecule has 8 heteroatoms. The van der Waals surface area contributed by atoms with E-state index in [2.05, 4.69) is 34.0 Å². The third-order valence-electron chi connectivity index (χ3n) is 4.06. The minimum Gasteiger partial charge on any atom is -0.277 e. The summed E-state index contributed by atoms with van der Waals surface area (Å²) in [6, 6.07) is 12.6. The Balaban J connectivity index is 1.72. The number of benzene rings is 2. The number of halogens is 1. The fourth-order valence-electron chi connectivity index (χ4n) is 2.74. The molecule has 0 atom stereocenters. The summed E-state index contributed by atoms with van der Waals surface area (Å²) in [5, 5.41) is 10.6. The number of sulfonamides is 1. The van der Waals surface area contributed by atoms with Crippen LogP contribution in [0.4, 0.5) is 4.39 Å². The molecule has 3 aromatic rings. The second-order valence-corrected chi connectivity index (χ2v) is 8.46. The van der Waals surface area contributed by atoms with Gasteiger partial charge in [-0.25, -0.2) is 9.22 Å². The molecule has 0 bridgehead atoms. The van der Waals surface area contributed by atoms with Crippen LogP contribution >= 0.6 is 0 Å². The fraction of sp³-hybridized carbons (Fsp3) is 0.200. The Morgan fingerprint density at radius 2 is 1.82 bits per heavy atom. The molecule has 1 heterocycles. The topological polar surface area (TPSA) is 87.2 Å². The molecule has 0 amide bonds. The van der Waals surface area contributed by atoms with E-state index in [9.17, 15) is 12.8 Å². The molecule has 0 fully saturated rings. The molecular weight excluding hydrogens is 379 g/mol. The van der Waals surface area contributed by atoms with Gasteiger partial charge in [0.1, 0.15) is 5.82 Å². The number of hydrogen-bond donors (Lipinski definition) is 2. The van der Waals surface area contributed by atoms with Gasteiger partial charge in [0.2, 0.25) is 0 Å². The lowest BCUT2D eigenvalue weighted by Gasteiger charge is -2.07. The molecule has 146 valence electrons. The van der Waals surface area contributed by atoms with Gasteiger partial charge in [0.05, 0.1) is 23.0 Å². The highest BCUT2D eigenvalue weighted by Crippen LogP contribution is 2.20. The van der Waals surface area contributed by atoms with Crippen molar-refractivity contribution in [3.8, 4) is 11.3 Å². The minimum absolute atomic E-state index is 0.142. The molecule has 2 aromatic carbocycles. The molecular formula is C20H21FN4O2S. The highest BCUT2D eigenvalue weighted by atomic mass is 32.2. The molecule has 0 aliphatic rings. The van der Waals surface area contributed by atoms with Crippen molar-refractivity contribution in [3.63, 3.8) is 0 Å². The van der Waals surface area contributed by atoms with Crippen LogP contribution < -0.4 is 4.83 Å². The molecule has 6 nitrogen and oxygen atoms in total. The predicted molar refractivity (Wildman–Crippen MR) is 107 cm³/mol. The Bertz CT molecular complexity index is 1060. The monoisotopic (exact) mass is 400 g/mol. The molecule has 0 saturated heterocycles. The van der Waals surface area contributed by atoms with Crippen LogP contribution in [0, 0.1) is 11.7 Å². The Kier molecular flexibility index (Phi) is 5.89. The quantitative estimate of drug-likeness (QED) is 0.468. The summed E-state index contributed by atoms with van der Waals surface area (Å²) in [6.45, 7) is 4.22. The predicted octanol–water partition coefficient (Wildman–Crippen LogP) is 3.73. The largest absolute Gasteiger partial charge is 0.277 e. The van der Waals surface area contributed by atoms with Gasteiger partial charge in [0.15, 0.2) is 0 Å². The third-order valence-corrected chi connectivity index (χ3v) is 5.29. The molecule has 0 spiro atoms. The van der Waals surface area contributed by atoms with E-state index in [1.165, 1.54) is 24.5 Å². The van der Waals surface area contributed by atoms with Gasteiger partial charge in [0, 0.05) is 11.1 Å². The number of hydrogen-bond acceptors (Lipinski definition) is 4. The number of aromatic nitrogens is 2. The standard InChI is InChI=1S/C20H21FN4O2S/c1-14(2)11-15-3-9-19(10-4-15)28(26,27)25-23-13-17-12-22-24-20(17)16-5-7-18(21)8-6-16/h3-10,12-14,25H,11H2,1-2H3,(H,22,24)/b23-13+. The van der Waals surface area contributed by atoms with Crippen molar-refractivity contribution in [2.75, 3.05) is 0 Å². The van der Waals surface area contributed by atoms with Gasteiger partial charge in [-0.15, -0.1) is 0 Å². The second-order valence-electron chi connectivity index (χ2n) is 6.80. The van der Waals surface area contributed by atoms with E-state index in [1.54, 1.807) is 36.4 Å². The molecule has 0 aliphatic carbocycles. The zero-order chi connectivity index (χ0) is 20.1. The first-order valence-electron chi connectivity index (χ1n) is 8.78. The lowest BCUT2D eigenvalue weighted by atomic mass is 10.0. The van der Waals surface area contributed by atoms with E-state index in [0.29, 0.717) is 22.7 Å². The van der Waals surface area contributed by atoms with Crippen molar-refractivity contribution in [1.82, 2.24) is 15.0 Å². The van der Waals surface area contributed by atoms with Crippen LogP contribution in [-0.2, 0) is 16.4 Å². The normalized spacial score (nSPS) is 12.0. The van der Waals surface area contributed by atoms with E-state index in [-0.39, 0.29) is 10.7 Å². The zero-order valence-corrected chi connectivity index (χ0v) is 16.4. The van der Waals surface area contributed by atoms with Crippen LogP contribution in [0.25, 0.3) is 11.3 Å². The summed E-state index contributed by atoms with van der Waals surface area (Å²) in [4.78, 5) is 2.34. The molecule has 28 heavy (non-hydrogen) atoms. The first kappa shape index (κ1) is 19.8. The lowest BCUT2D eigenvalue weighted by Crippen LogP contribution is -2.18. The second kappa shape index (κ2) is 8.35. The third kappa shape index (κ3) is 4.83. The van der Waals surface area contributed by atoms with Crippen LogP contribution in [0.1, 0.15) is 25.0 Å². The van der Waals surface area contributed by atoms with E-state index < -0.39 is 10.0 Å². The van der Waals surface area contributed by atoms with Crippen molar-refractivity contribution >= 4 is 16.2 Å². The number of nitrogens with one attached hydrogen (secondary N) is 2. The smallest absolute Gasteiger partial charge is 0.276 e. The van der Waals surface area contributed by atoms with Crippen molar-refractivity contribution in [3.05, 3.63) is 71.7 Å². The Morgan fingerprint density at radius 1 is 1.14 bits per heavy atom. The molecule has 2 N–H and O–H groups in total. The van der Waals surface area contributed by atoms with Gasteiger partial charge in [-0.1, -0.05) is 26.0 Å². The van der Waals surface area contributed by atoms with Gasteiger partial charge in [0.25, 0.3) is 10.0 Å². The SMILES string of the molecule is CC(C)Cc1ccc(S(=O)(=O)N/N=C/c2cn[nH]c2-c2ccc(F)cc2)cc1. The van der Waals surface area contributed by atoms with Crippen LogP contribution in [-0.4, -0.2) is 24.8 Å². The van der Waals surface area contributed by atoms with Crippen molar-refractivity contribution in [2.45, 2.75) is 25.2 Å². The number of aromatic amines is 1. The summed E-state index contributed by atoms with van der Waals surface area (Å²) in [6.07, 6.45) is 3.75. The molecule has 1 aromatic heterocycles. The van der Waals surface area contributed by atoms with Gasteiger partial charge in [-0.05, 0) is 54.3 Å². The van der Waals surface area contributed by atoms with E-state index >= 15 is 0 Å². The van der Waals surface area contributed by atoms with Crippen molar-refractivity contribution in [2.24, 2.45) is 11.0 Å². The van der Waals surface area contributed by atoms with E-state index in [4.69, 9.17) is 0 Å². The lowest BCUT2D eigenvalue weighted by molar-refractivity contribution is 0.584. The Hall–Kier alpha value is -3.00. The fourth-order valence-corrected chi connectivity index (χ4v) is 3.53. The van der Waals surface area contributed by atoms with Crippen molar-refractivity contribution in [1.29, 1.82) is 0 Å². The van der Waals surface area contributed by atoms with Gasteiger partial charge in [-0.3, -0.25) is 5.10 Å².